The molecule has 0 saturated heterocycles. The van der Waals surface area contributed by atoms with Crippen molar-refractivity contribution in [2.24, 2.45) is 0 Å². The monoisotopic (exact) mass is 833 g/mol. The van der Waals surface area contributed by atoms with Gasteiger partial charge in [-0.1, -0.05) is 193 Å². The minimum atomic E-state index is 1.11. The van der Waals surface area contributed by atoms with Crippen LogP contribution < -0.4 is 4.90 Å². The largest absolute Gasteiger partial charge is 0.310 e. The van der Waals surface area contributed by atoms with E-state index in [-0.39, 0.29) is 0 Å². The average Bonchev–Trinajstić information content (AvgIpc) is 3.73. The number of hydrogen-bond donors (Lipinski definition) is 0. The number of hydrogen-bond acceptors (Lipinski definition) is 2. The van der Waals surface area contributed by atoms with E-state index in [1.54, 1.807) is 0 Å². The fourth-order valence-corrected chi connectivity index (χ4v) is 11.0. The molecular weight excluding hydrogens is 791 g/mol. The Labute approximate surface area is 377 Å². The second-order valence-electron chi connectivity index (χ2n) is 17.0. The SMILES string of the molecule is Cc1ccc(-c2sc3cc(-c4c5ccccc5c(-c5ccc(N(c6ccc7ccccc7c6)c6ccc7ccccc7c6)cc5)c5ccccc45)ccc3c2-c2ccc(C)cc2)cc1. The average molecular weight is 834 g/mol. The lowest BCUT2D eigenvalue weighted by molar-refractivity contribution is 1.29. The van der Waals surface area contributed by atoms with E-state index in [4.69, 9.17) is 0 Å². The second-order valence-corrected chi connectivity index (χ2v) is 18.1. The third-order valence-electron chi connectivity index (χ3n) is 13.0. The van der Waals surface area contributed by atoms with Gasteiger partial charge in [0.15, 0.2) is 0 Å². The van der Waals surface area contributed by atoms with E-state index in [9.17, 15) is 0 Å². The normalized spacial score (nSPS) is 11.6. The Bertz CT molecular complexity index is 3590. The van der Waals surface area contributed by atoms with Crippen molar-refractivity contribution in [3.8, 4) is 43.8 Å². The summed E-state index contributed by atoms with van der Waals surface area (Å²) in [5.74, 6) is 0. The first-order valence-corrected chi connectivity index (χ1v) is 22.9. The maximum atomic E-state index is 2.44. The molecule has 0 aliphatic carbocycles. The molecule has 64 heavy (non-hydrogen) atoms. The lowest BCUT2D eigenvalue weighted by Gasteiger charge is -2.26. The molecule has 0 unspecified atom stereocenters. The third kappa shape index (κ3) is 6.54. The van der Waals surface area contributed by atoms with Crippen molar-refractivity contribution in [2.45, 2.75) is 13.8 Å². The molecule has 0 spiro atoms. The van der Waals surface area contributed by atoms with Gasteiger partial charge in [-0.15, -0.1) is 11.3 Å². The highest BCUT2D eigenvalue weighted by Crippen LogP contribution is 2.49. The zero-order valence-electron chi connectivity index (χ0n) is 35.7. The van der Waals surface area contributed by atoms with Gasteiger partial charge in [-0.05, 0) is 133 Å². The molecule has 0 saturated carbocycles. The van der Waals surface area contributed by atoms with Crippen LogP contribution in [0.3, 0.4) is 0 Å². The van der Waals surface area contributed by atoms with E-state index in [2.05, 4.69) is 243 Å². The van der Waals surface area contributed by atoms with E-state index in [0.717, 1.165) is 17.1 Å². The number of fused-ring (bicyclic) bond motifs is 5. The van der Waals surface area contributed by atoms with Crippen LogP contribution in [0.5, 0.6) is 0 Å². The first-order valence-electron chi connectivity index (χ1n) is 22.1. The summed E-state index contributed by atoms with van der Waals surface area (Å²) in [4.78, 5) is 3.70. The number of aryl methyl sites for hydroxylation is 2. The van der Waals surface area contributed by atoms with Gasteiger partial charge >= 0.3 is 0 Å². The summed E-state index contributed by atoms with van der Waals surface area (Å²) in [5.41, 5.74) is 14.7. The lowest BCUT2D eigenvalue weighted by Crippen LogP contribution is -2.09. The molecule has 0 N–H and O–H groups in total. The van der Waals surface area contributed by atoms with Crippen molar-refractivity contribution in [2.75, 3.05) is 4.90 Å². The van der Waals surface area contributed by atoms with Crippen LogP contribution >= 0.6 is 11.3 Å². The smallest absolute Gasteiger partial charge is 0.0468 e. The summed E-state index contributed by atoms with van der Waals surface area (Å²) in [7, 11) is 0. The van der Waals surface area contributed by atoms with Gasteiger partial charge in [0.1, 0.15) is 0 Å². The van der Waals surface area contributed by atoms with Gasteiger partial charge < -0.3 is 4.90 Å². The van der Waals surface area contributed by atoms with Crippen LogP contribution in [0.1, 0.15) is 11.1 Å². The van der Waals surface area contributed by atoms with E-state index in [1.165, 1.54) is 108 Å². The molecule has 11 aromatic carbocycles. The predicted molar refractivity (Wildman–Crippen MR) is 278 cm³/mol. The lowest BCUT2D eigenvalue weighted by atomic mass is 9.85. The van der Waals surface area contributed by atoms with Gasteiger partial charge in [-0.2, -0.15) is 0 Å². The van der Waals surface area contributed by atoms with Crippen LogP contribution in [0.25, 0.3) is 97.0 Å². The Balaban J connectivity index is 1.01. The Kier molecular flexibility index (Phi) is 9.21. The molecule has 1 nitrogen and oxygen atoms in total. The number of nitrogens with zero attached hydrogens (tertiary/aromatic N) is 1. The summed E-state index contributed by atoms with van der Waals surface area (Å²) in [6, 6.07) is 83.1. The standard InChI is InChI=1S/C62H43NS/c1-40-19-23-45(24-20-40)61-57-36-31-49(39-58(57)64-62(61)46-25-21-41(2)22-26-46)60-55-17-9-7-15-53(55)59(54-16-8-10-18-56(54)60)44-29-32-50(33-30-44)63(51-34-27-42-11-3-5-13-47(42)37-51)52-35-28-43-12-4-6-14-48(43)38-52/h3-39H,1-2H3. The molecule has 0 radical (unpaired) electrons. The Morgan fingerprint density at radius 2 is 0.703 bits per heavy atom. The Morgan fingerprint density at radius 1 is 0.297 bits per heavy atom. The quantitative estimate of drug-likeness (QED) is 0.145. The first-order chi connectivity index (χ1) is 31.5. The number of benzene rings is 11. The van der Waals surface area contributed by atoms with Crippen molar-refractivity contribution in [3.05, 3.63) is 236 Å². The van der Waals surface area contributed by atoms with Crippen molar-refractivity contribution < 1.29 is 0 Å². The van der Waals surface area contributed by atoms with Gasteiger partial charge in [0.05, 0.1) is 0 Å². The summed E-state index contributed by atoms with van der Waals surface area (Å²) >= 11 is 1.90. The van der Waals surface area contributed by atoms with Crippen molar-refractivity contribution >= 4 is 81.6 Å². The van der Waals surface area contributed by atoms with Gasteiger partial charge in [0.25, 0.3) is 0 Å². The number of thiophene rings is 1. The van der Waals surface area contributed by atoms with E-state index >= 15 is 0 Å². The summed E-state index contributed by atoms with van der Waals surface area (Å²) in [5, 5.41) is 11.2. The maximum Gasteiger partial charge on any atom is 0.0468 e. The van der Waals surface area contributed by atoms with Gasteiger partial charge in [-0.25, -0.2) is 0 Å². The molecule has 0 amide bonds. The molecule has 0 aliphatic rings. The third-order valence-corrected chi connectivity index (χ3v) is 14.2. The molecule has 302 valence electrons. The van der Waals surface area contributed by atoms with Crippen LogP contribution in [-0.4, -0.2) is 0 Å². The first kappa shape index (κ1) is 37.9. The van der Waals surface area contributed by atoms with Crippen LogP contribution in [0.2, 0.25) is 0 Å². The topological polar surface area (TPSA) is 3.24 Å². The molecule has 0 bridgehead atoms. The summed E-state index contributed by atoms with van der Waals surface area (Å²) < 4.78 is 1.29. The molecule has 1 aromatic heterocycles. The van der Waals surface area contributed by atoms with Crippen LogP contribution in [0.4, 0.5) is 17.1 Å². The van der Waals surface area contributed by atoms with E-state index in [0.29, 0.717) is 0 Å². The van der Waals surface area contributed by atoms with Gasteiger partial charge in [0, 0.05) is 37.6 Å². The Hall–Kier alpha value is -7.78. The van der Waals surface area contributed by atoms with Crippen molar-refractivity contribution in [1.82, 2.24) is 0 Å². The highest BCUT2D eigenvalue weighted by Gasteiger charge is 2.21. The molecule has 0 fully saturated rings. The molecular formula is C62H43NS. The van der Waals surface area contributed by atoms with Crippen LogP contribution in [0.15, 0.2) is 224 Å². The van der Waals surface area contributed by atoms with Gasteiger partial charge in [0.2, 0.25) is 0 Å². The van der Waals surface area contributed by atoms with E-state index in [1.807, 2.05) is 11.3 Å². The summed E-state index contributed by atoms with van der Waals surface area (Å²) in [6.45, 7) is 4.32. The minimum absolute atomic E-state index is 1.11. The second kappa shape index (κ2) is 15.5. The zero-order chi connectivity index (χ0) is 42.7. The maximum absolute atomic E-state index is 2.44. The molecule has 12 aromatic rings. The highest BCUT2D eigenvalue weighted by atomic mass is 32.1. The predicted octanol–water partition coefficient (Wildman–Crippen LogP) is 18.3. The fraction of sp³-hybridized carbons (Fsp3) is 0.0323. The summed E-state index contributed by atoms with van der Waals surface area (Å²) in [6.07, 6.45) is 0. The van der Waals surface area contributed by atoms with Gasteiger partial charge in [-0.3, -0.25) is 0 Å². The Morgan fingerprint density at radius 3 is 1.23 bits per heavy atom. The van der Waals surface area contributed by atoms with E-state index < -0.39 is 0 Å². The molecule has 1 heterocycles. The zero-order valence-corrected chi connectivity index (χ0v) is 36.5. The van der Waals surface area contributed by atoms with Crippen LogP contribution in [-0.2, 0) is 0 Å². The highest BCUT2D eigenvalue weighted by molar-refractivity contribution is 7.23. The molecule has 0 aliphatic heterocycles. The minimum Gasteiger partial charge on any atom is -0.310 e. The fourth-order valence-electron chi connectivity index (χ4n) is 9.77. The van der Waals surface area contributed by atoms with Crippen molar-refractivity contribution in [3.63, 3.8) is 0 Å². The number of rotatable bonds is 7. The van der Waals surface area contributed by atoms with Crippen LogP contribution in [0, 0.1) is 13.8 Å². The number of anilines is 3. The molecule has 0 atom stereocenters. The molecule has 12 rings (SSSR count). The molecule has 2 heteroatoms. The van der Waals surface area contributed by atoms with Crippen molar-refractivity contribution in [1.29, 1.82) is 0 Å².